The van der Waals surface area contributed by atoms with Crippen LogP contribution in [0.15, 0.2) is 15.1 Å². The topological polar surface area (TPSA) is 94.5 Å². The zero-order chi connectivity index (χ0) is 19.3. The van der Waals surface area contributed by atoms with Crippen molar-refractivity contribution < 1.29 is 18.6 Å². The zero-order valence-electron chi connectivity index (χ0n) is 15.8. The number of rotatable bonds is 6. The number of likely N-dealkylation sites (tertiary alicyclic amines) is 1. The molecule has 0 bridgehead atoms. The van der Waals surface area contributed by atoms with Crippen LogP contribution >= 0.6 is 11.6 Å². The number of ether oxygens (including phenoxy) is 1. The lowest BCUT2D eigenvalue weighted by Gasteiger charge is -2.31. The molecule has 4 rings (SSSR count). The van der Waals surface area contributed by atoms with E-state index in [1.165, 1.54) is 0 Å². The average Bonchev–Trinajstić information content (AvgIpc) is 3.36. The van der Waals surface area contributed by atoms with Crippen molar-refractivity contribution in [2.75, 3.05) is 26.3 Å². The second-order valence-electron chi connectivity index (χ2n) is 7.58. The maximum Gasteiger partial charge on any atom is 0.226 e. The fraction of sp³-hybridized carbons (Fsp3) is 0.684. The molecule has 2 aliphatic heterocycles. The third-order valence-corrected chi connectivity index (χ3v) is 5.79. The molecule has 2 aromatic heterocycles. The second kappa shape index (κ2) is 9.05. The predicted molar refractivity (Wildman–Crippen MR) is 99.9 cm³/mol. The average molecular weight is 409 g/mol. The number of piperidine rings is 1. The molecule has 152 valence electrons. The first-order chi connectivity index (χ1) is 13.7. The summed E-state index contributed by atoms with van der Waals surface area (Å²) in [5, 5.41) is 8.12. The van der Waals surface area contributed by atoms with Crippen molar-refractivity contribution in [1.82, 2.24) is 20.2 Å². The van der Waals surface area contributed by atoms with Crippen LogP contribution < -0.4 is 0 Å². The van der Waals surface area contributed by atoms with E-state index >= 15 is 0 Å². The highest BCUT2D eigenvalue weighted by Crippen LogP contribution is 2.26. The molecular formula is C19H25ClN4O4. The number of aryl methyl sites for hydroxylation is 1. The van der Waals surface area contributed by atoms with Crippen LogP contribution in [0.2, 0.25) is 5.15 Å². The number of nitrogens with zero attached hydrogens (tertiary/aromatic N) is 4. The van der Waals surface area contributed by atoms with Gasteiger partial charge in [-0.15, -0.1) is 0 Å². The van der Waals surface area contributed by atoms with Crippen molar-refractivity contribution >= 4 is 17.5 Å². The normalized spacial score (nSPS) is 19.2. The Kier molecular flexibility index (Phi) is 6.26. The highest BCUT2D eigenvalue weighted by atomic mass is 35.5. The third kappa shape index (κ3) is 4.91. The first-order valence-corrected chi connectivity index (χ1v) is 10.3. The summed E-state index contributed by atoms with van der Waals surface area (Å²) < 4.78 is 15.9. The number of hydrogen-bond acceptors (Lipinski definition) is 7. The van der Waals surface area contributed by atoms with Gasteiger partial charge in [0, 0.05) is 57.6 Å². The molecule has 2 aliphatic rings. The molecule has 9 heteroatoms. The Hall–Kier alpha value is -1.93. The van der Waals surface area contributed by atoms with Crippen LogP contribution in [0.3, 0.4) is 0 Å². The van der Waals surface area contributed by atoms with Gasteiger partial charge in [0.25, 0.3) is 0 Å². The maximum atomic E-state index is 12.4. The van der Waals surface area contributed by atoms with E-state index in [1.54, 1.807) is 6.07 Å². The lowest BCUT2D eigenvalue weighted by molar-refractivity contribution is -0.132. The SMILES string of the molecule is O=C(CCc1cc(Cl)no1)N1CCC(Cc2nc(C3CCOCC3)no2)CC1. The molecule has 8 nitrogen and oxygen atoms in total. The molecular weight excluding hydrogens is 384 g/mol. The van der Waals surface area contributed by atoms with Crippen molar-refractivity contribution in [2.45, 2.75) is 50.9 Å². The minimum absolute atomic E-state index is 0.144. The Morgan fingerprint density at radius 1 is 1.14 bits per heavy atom. The molecule has 2 aromatic rings. The summed E-state index contributed by atoms with van der Waals surface area (Å²) in [6.07, 6.45) is 5.54. The van der Waals surface area contributed by atoms with Crippen molar-refractivity contribution in [3.05, 3.63) is 28.7 Å². The van der Waals surface area contributed by atoms with Crippen molar-refractivity contribution in [1.29, 1.82) is 0 Å². The molecule has 2 saturated heterocycles. The summed E-state index contributed by atoms with van der Waals surface area (Å²) in [6.45, 7) is 3.07. The summed E-state index contributed by atoms with van der Waals surface area (Å²) >= 11 is 5.73. The molecule has 4 heterocycles. The number of hydrogen-bond donors (Lipinski definition) is 0. The van der Waals surface area contributed by atoms with E-state index in [1.807, 2.05) is 4.90 Å². The summed E-state index contributed by atoms with van der Waals surface area (Å²) in [7, 11) is 0. The molecule has 0 spiro atoms. The van der Waals surface area contributed by atoms with Crippen LogP contribution in [0.5, 0.6) is 0 Å². The summed E-state index contributed by atoms with van der Waals surface area (Å²) in [5.74, 6) is 3.15. The van der Waals surface area contributed by atoms with Gasteiger partial charge in [-0.25, -0.2) is 0 Å². The number of carbonyl (C=O) groups excluding carboxylic acids is 1. The Labute approximate surface area is 168 Å². The zero-order valence-corrected chi connectivity index (χ0v) is 16.6. The van der Waals surface area contributed by atoms with Gasteiger partial charge in [0.2, 0.25) is 11.8 Å². The lowest BCUT2D eigenvalue weighted by atomic mass is 9.93. The Morgan fingerprint density at radius 3 is 2.64 bits per heavy atom. The minimum atomic E-state index is 0.144. The van der Waals surface area contributed by atoms with E-state index in [9.17, 15) is 4.79 Å². The molecule has 0 radical (unpaired) electrons. The third-order valence-electron chi connectivity index (χ3n) is 5.62. The molecule has 0 saturated carbocycles. The van der Waals surface area contributed by atoms with E-state index < -0.39 is 0 Å². The van der Waals surface area contributed by atoms with Gasteiger partial charge in [-0.05, 0) is 31.6 Å². The lowest BCUT2D eigenvalue weighted by Crippen LogP contribution is -2.39. The van der Waals surface area contributed by atoms with Gasteiger partial charge in [0.15, 0.2) is 11.0 Å². The summed E-state index contributed by atoms with van der Waals surface area (Å²) in [6, 6.07) is 1.65. The van der Waals surface area contributed by atoms with Crippen LogP contribution in [0.4, 0.5) is 0 Å². The Morgan fingerprint density at radius 2 is 1.93 bits per heavy atom. The highest BCUT2D eigenvalue weighted by molar-refractivity contribution is 6.29. The Balaban J connectivity index is 1.21. The van der Waals surface area contributed by atoms with Crippen LogP contribution in [0.25, 0.3) is 0 Å². The standard InChI is InChI=1S/C19H25ClN4O4/c20-16-12-15(27-22-16)1-2-18(25)24-7-3-13(4-8-24)11-17-21-19(23-28-17)14-5-9-26-10-6-14/h12-14H,1-11H2. The van der Waals surface area contributed by atoms with Gasteiger partial charge in [0.05, 0.1) is 0 Å². The van der Waals surface area contributed by atoms with E-state index in [0.29, 0.717) is 41.5 Å². The van der Waals surface area contributed by atoms with Crippen molar-refractivity contribution in [2.24, 2.45) is 5.92 Å². The van der Waals surface area contributed by atoms with Crippen molar-refractivity contribution in [3.8, 4) is 0 Å². The van der Waals surface area contributed by atoms with E-state index in [4.69, 9.17) is 25.4 Å². The highest BCUT2D eigenvalue weighted by Gasteiger charge is 2.26. The van der Waals surface area contributed by atoms with E-state index in [2.05, 4.69) is 15.3 Å². The predicted octanol–water partition coefficient (Wildman–Crippen LogP) is 3.02. The number of carbonyl (C=O) groups is 1. The Bertz CT molecular complexity index is 779. The molecule has 0 unspecified atom stereocenters. The molecule has 0 N–H and O–H groups in total. The first-order valence-electron chi connectivity index (χ1n) is 9.96. The van der Waals surface area contributed by atoms with Gasteiger partial charge < -0.3 is 18.7 Å². The molecule has 0 atom stereocenters. The number of amides is 1. The number of halogens is 1. The smallest absolute Gasteiger partial charge is 0.226 e. The maximum absolute atomic E-state index is 12.4. The van der Waals surface area contributed by atoms with Gasteiger partial charge >= 0.3 is 0 Å². The molecule has 28 heavy (non-hydrogen) atoms. The van der Waals surface area contributed by atoms with Crippen LogP contribution in [0.1, 0.15) is 55.5 Å². The monoisotopic (exact) mass is 408 g/mol. The second-order valence-corrected chi connectivity index (χ2v) is 7.96. The number of aromatic nitrogens is 3. The van der Waals surface area contributed by atoms with Crippen LogP contribution in [-0.2, 0) is 22.4 Å². The fourth-order valence-corrected chi connectivity index (χ4v) is 4.06. The summed E-state index contributed by atoms with van der Waals surface area (Å²) in [4.78, 5) is 18.9. The van der Waals surface area contributed by atoms with Gasteiger partial charge in [-0.3, -0.25) is 4.79 Å². The van der Waals surface area contributed by atoms with Crippen LogP contribution in [-0.4, -0.2) is 52.4 Å². The molecule has 2 fully saturated rings. The van der Waals surface area contributed by atoms with E-state index in [0.717, 1.165) is 64.2 Å². The van der Waals surface area contributed by atoms with Gasteiger partial charge in [-0.1, -0.05) is 21.9 Å². The first kappa shape index (κ1) is 19.4. The minimum Gasteiger partial charge on any atom is -0.381 e. The van der Waals surface area contributed by atoms with E-state index in [-0.39, 0.29) is 5.91 Å². The largest absolute Gasteiger partial charge is 0.381 e. The fourth-order valence-electron chi connectivity index (χ4n) is 3.90. The molecule has 1 amide bonds. The van der Waals surface area contributed by atoms with Crippen molar-refractivity contribution in [3.63, 3.8) is 0 Å². The van der Waals surface area contributed by atoms with Gasteiger partial charge in [0.1, 0.15) is 5.76 Å². The quantitative estimate of drug-likeness (QED) is 0.724. The van der Waals surface area contributed by atoms with Gasteiger partial charge in [-0.2, -0.15) is 4.98 Å². The summed E-state index contributed by atoms with van der Waals surface area (Å²) in [5.41, 5.74) is 0. The molecule has 0 aromatic carbocycles. The molecule has 0 aliphatic carbocycles. The van der Waals surface area contributed by atoms with Crippen LogP contribution in [0, 0.1) is 5.92 Å².